The van der Waals surface area contributed by atoms with E-state index in [-0.39, 0.29) is 24.4 Å². The van der Waals surface area contributed by atoms with Gasteiger partial charge >= 0.3 is 0 Å². The maximum atomic E-state index is 13.2. The summed E-state index contributed by atoms with van der Waals surface area (Å²) in [6, 6.07) is 8.52. The van der Waals surface area contributed by atoms with Crippen LogP contribution < -0.4 is 14.8 Å². The Morgan fingerprint density at radius 1 is 1.08 bits per heavy atom. The Morgan fingerprint density at radius 3 is 2.46 bits per heavy atom. The van der Waals surface area contributed by atoms with E-state index in [4.69, 9.17) is 9.47 Å². The van der Waals surface area contributed by atoms with Gasteiger partial charge in [0.1, 0.15) is 0 Å². The minimum atomic E-state index is -1.12. The Hall–Kier alpha value is -2.67. The van der Waals surface area contributed by atoms with Gasteiger partial charge in [0.2, 0.25) is 5.91 Å². The van der Waals surface area contributed by atoms with E-state index in [2.05, 4.69) is 5.32 Å². The molecule has 5 nitrogen and oxygen atoms in total. The first-order chi connectivity index (χ1) is 12.4. The smallest absolute Gasteiger partial charge is 0.220 e. The fourth-order valence-corrected chi connectivity index (χ4v) is 2.43. The lowest BCUT2D eigenvalue weighted by Crippen LogP contribution is -2.28. The second-order valence-corrected chi connectivity index (χ2v) is 5.68. The van der Waals surface area contributed by atoms with Gasteiger partial charge in [-0.1, -0.05) is 12.1 Å². The average Bonchev–Trinajstić information content (AvgIpc) is 2.66. The van der Waals surface area contributed by atoms with Crippen LogP contribution in [0.5, 0.6) is 11.5 Å². The Kier molecular flexibility index (Phi) is 6.91. The fraction of sp³-hybridized carbons (Fsp3) is 0.316. The molecule has 26 heavy (non-hydrogen) atoms. The number of amides is 1. The van der Waals surface area contributed by atoms with Crippen molar-refractivity contribution in [2.45, 2.75) is 18.9 Å². The standard InChI is InChI=1S/C19H21F2NO4/c1-25-17-7-3-12(9-18(17)26-2)4-8-19(24)22-11-16(23)13-5-6-14(20)15(21)10-13/h3,5-7,9-10,16,23H,4,8,11H2,1-2H3,(H,22,24). The Labute approximate surface area is 150 Å². The summed E-state index contributed by atoms with van der Waals surface area (Å²) in [5.41, 5.74) is 1.10. The summed E-state index contributed by atoms with van der Waals surface area (Å²) in [4.78, 5) is 11.9. The van der Waals surface area contributed by atoms with Crippen LogP contribution in [0.4, 0.5) is 8.78 Å². The molecule has 1 unspecified atom stereocenters. The van der Waals surface area contributed by atoms with Gasteiger partial charge in [-0.05, 0) is 41.8 Å². The number of carbonyl (C=O) groups excluding carboxylic acids is 1. The first kappa shape index (κ1) is 19.7. The Morgan fingerprint density at radius 2 is 1.81 bits per heavy atom. The number of aliphatic hydroxyl groups is 1. The molecule has 1 atom stereocenters. The molecule has 0 aliphatic rings. The second-order valence-electron chi connectivity index (χ2n) is 5.68. The number of aliphatic hydroxyl groups excluding tert-OH is 1. The summed E-state index contributed by atoms with van der Waals surface area (Å²) >= 11 is 0. The minimum absolute atomic E-state index is 0.0875. The zero-order valence-corrected chi connectivity index (χ0v) is 14.6. The van der Waals surface area contributed by atoms with Crippen LogP contribution in [0, 0.1) is 11.6 Å². The lowest BCUT2D eigenvalue weighted by atomic mass is 10.1. The third kappa shape index (κ3) is 5.16. The number of methoxy groups -OCH3 is 2. The van der Waals surface area contributed by atoms with Crippen molar-refractivity contribution < 1.29 is 28.2 Å². The predicted molar refractivity (Wildman–Crippen MR) is 92.2 cm³/mol. The van der Waals surface area contributed by atoms with E-state index in [1.54, 1.807) is 19.2 Å². The number of hydrogen-bond acceptors (Lipinski definition) is 4. The number of carbonyl (C=O) groups is 1. The highest BCUT2D eigenvalue weighted by atomic mass is 19.2. The molecule has 0 aromatic heterocycles. The summed E-state index contributed by atoms with van der Waals surface area (Å²) in [7, 11) is 3.08. The third-order valence-electron chi connectivity index (χ3n) is 3.91. The van der Waals surface area contributed by atoms with Crippen LogP contribution >= 0.6 is 0 Å². The number of aryl methyl sites for hydroxylation is 1. The van der Waals surface area contributed by atoms with E-state index in [1.165, 1.54) is 13.2 Å². The van der Waals surface area contributed by atoms with Crippen LogP contribution in [0.1, 0.15) is 23.7 Å². The van der Waals surface area contributed by atoms with Gasteiger partial charge in [-0.25, -0.2) is 8.78 Å². The molecule has 0 spiro atoms. The monoisotopic (exact) mass is 365 g/mol. The van der Waals surface area contributed by atoms with E-state index in [1.807, 2.05) is 6.07 Å². The largest absolute Gasteiger partial charge is 0.493 e. The van der Waals surface area contributed by atoms with Gasteiger partial charge in [-0.3, -0.25) is 4.79 Å². The van der Waals surface area contributed by atoms with Gasteiger partial charge in [0.25, 0.3) is 0 Å². The molecular formula is C19H21F2NO4. The maximum absolute atomic E-state index is 13.2. The van der Waals surface area contributed by atoms with Crippen molar-refractivity contribution in [3.05, 3.63) is 59.2 Å². The van der Waals surface area contributed by atoms with E-state index in [9.17, 15) is 18.7 Å². The summed E-state index contributed by atoms with van der Waals surface area (Å²) in [5.74, 6) is -1.10. The summed E-state index contributed by atoms with van der Waals surface area (Å²) in [5, 5.41) is 12.5. The van der Waals surface area contributed by atoms with E-state index in [0.717, 1.165) is 17.7 Å². The van der Waals surface area contributed by atoms with E-state index in [0.29, 0.717) is 17.9 Å². The van der Waals surface area contributed by atoms with Crippen molar-refractivity contribution in [1.82, 2.24) is 5.32 Å². The van der Waals surface area contributed by atoms with Crippen molar-refractivity contribution in [2.75, 3.05) is 20.8 Å². The number of nitrogens with one attached hydrogen (secondary N) is 1. The zero-order chi connectivity index (χ0) is 19.1. The van der Waals surface area contributed by atoms with Gasteiger partial charge < -0.3 is 19.9 Å². The van der Waals surface area contributed by atoms with Gasteiger partial charge in [0.15, 0.2) is 23.1 Å². The Bertz CT molecular complexity index is 767. The van der Waals surface area contributed by atoms with Crippen LogP contribution in [0.25, 0.3) is 0 Å². The molecule has 0 aliphatic carbocycles. The fourth-order valence-electron chi connectivity index (χ4n) is 2.43. The van der Waals surface area contributed by atoms with Gasteiger partial charge in [-0.15, -0.1) is 0 Å². The van der Waals surface area contributed by atoms with E-state index < -0.39 is 17.7 Å². The molecule has 0 saturated heterocycles. The van der Waals surface area contributed by atoms with Crippen molar-refractivity contribution in [3.63, 3.8) is 0 Å². The molecule has 2 aromatic rings. The van der Waals surface area contributed by atoms with E-state index >= 15 is 0 Å². The van der Waals surface area contributed by atoms with Crippen LogP contribution in [-0.4, -0.2) is 31.8 Å². The summed E-state index contributed by atoms with van der Waals surface area (Å²) in [6.45, 7) is -0.0875. The van der Waals surface area contributed by atoms with Gasteiger partial charge in [-0.2, -0.15) is 0 Å². The zero-order valence-electron chi connectivity index (χ0n) is 14.6. The highest BCUT2D eigenvalue weighted by Crippen LogP contribution is 2.27. The molecule has 7 heteroatoms. The van der Waals surface area contributed by atoms with Crippen LogP contribution in [0.3, 0.4) is 0 Å². The molecule has 0 aliphatic heterocycles. The topological polar surface area (TPSA) is 67.8 Å². The number of benzene rings is 2. The Balaban J connectivity index is 1.84. The lowest BCUT2D eigenvalue weighted by Gasteiger charge is -2.13. The molecular weight excluding hydrogens is 344 g/mol. The molecule has 0 fully saturated rings. The molecule has 0 bridgehead atoms. The first-order valence-electron chi connectivity index (χ1n) is 8.05. The molecule has 1 amide bonds. The first-order valence-corrected chi connectivity index (χ1v) is 8.05. The molecule has 2 N–H and O–H groups in total. The second kappa shape index (κ2) is 9.15. The average molecular weight is 365 g/mol. The van der Waals surface area contributed by atoms with Gasteiger partial charge in [0.05, 0.1) is 20.3 Å². The SMILES string of the molecule is COc1ccc(CCC(=O)NCC(O)c2ccc(F)c(F)c2)cc1OC. The quantitative estimate of drug-likeness (QED) is 0.755. The predicted octanol–water partition coefficient (Wildman–Crippen LogP) is 2.76. The highest BCUT2D eigenvalue weighted by molar-refractivity contribution is 5.76. The van der Waals surface area contributed by atoms with Crippen molar-refractivity contribution in [3.8, 4) is 11.5 Å². The minimum Gasteiger partial charge on any atom is -0.493 e. The van der Waals surface area contributed by atoms with Crippen LogP contribution in [0.2, 0.25) is 0 Å². The van der Waals surface area contributed by atoms with Crippen LogP contribution in [0.15, 0.2) is 36.4 Å². The van der Waals surface area contributed by atoms with Crippen molar-refractivity contribution in [2.24, 2.45) is 0 Å². The molecule has 0 heterocycles. The number of hydrogen-bond donors (Lipinski definition) is 2. The maximum Gasteiger partial charge on any atom is 0.220 e. The number of ether oxygens (including phenoxy) is 2. The highest BCUT2D eigenvalue weighted by Gasteiger charge is 2.13. The number of rotatable bonds is 8. The number of halogens is 2. The normalized spacial score (nSPS) is 11.7. The molecule has 0 saturated carbocycles. The lowest BCUT2D eigenvalue weighted by molar-refractivity contribution is -0.121. The third-order valence-corrected chi connectivity index (χ3v) is 3.91. The van der Waals surface area contributed by atoms with Crippen LogP contribution in [-0.2, 0) is 11.2 Å². The summed E-state index contributed by atoms with van der Waals surface area (Å²) < 4.78 is 36.4. The van der Waals surface area contributed by atoms with Gasteiger partial charge in [0, 0.05) is 13.0 Å². The molecule has 0 radical (unpaired) electrons. The molecule has 140 valence electrons. The van der Waals surface area contributed by atoms with Crippen molar-refractivity contribution in [1.29, 1.82) is 0 Å². The molecule has 2 rings (SSSR count). The van der Waals surface area contributed by atoms with Crippen molar-refractivity contribution >= 4 is 5.91 Å². The molecule has 2 aromatic carbocycles. The summed E-state index contributed by atoms with van der Waals surface area (Å²) in [6.07, 6.45) is -0.428.